The van der Waals surface area contributed by atoms with Crippen LogP contribution >= 0.6 is 0 Å². The van der Waals surface area contributed by atoms with Crippen molar-refractivity contribution >= 4 is 22.6 Å². The summed E-state index contributed by atoms with van der Waals surface area (Å²) < 4.78 is 5.08. The van der Waals surface area contributed by atoms with Gasteiger partial charge in [0.25, 0.3) is 11.5 Å². The Hall–Kier alpha value is -3.48. The Labute approximate surface area is 149 Å². The molecule has 1 heterocycles. The molecule has 0 spiro atoms. The van der Waals surface area contributed by atoms with E-state index in [-0.39, 0.29) is 11.6 Å². The fraction of sp³-hybridized carbons (Fsp3) is 0.158. The van der Waals surface area contributed by atoms with Gasteiger partial charge in [-0.1, -0.05) is 48.5 Å². The lowest BCUT2D eigenvalue weighted by atomic mass is 10.1. The van der Waals surface area contributed by atoms with Crippen molar-refractivity contribution in [3.05, 3.63) is 76.2 Å². The van der Waals surface area contributed by atoms with Gasteiger partial charge in [0, 0.05) is 19.0 Å². The third kappa shape index (κ3) is 3.77. The first-order valence-electron chi connectivity index (χ1n) is 7.98. The largest absolute Gasteiger partial charge is 0.451 e. The quantitative estimate of drug-likeness (QED) is 0.707. The highest BCUT2D eigenvalue weighted by Crippen LogP contribution is 2.13. The molecule has 0 unspecified atom stereocenters. The second-order valence-electron chi connectivity index (χ2n) is 5.76. The zero-order valence-electron chi connectivity index (χ0n) is 14.1. The van der Waals surface area contributed by atoms with E-state index in [1.807, 2.05) is 30.3 Å². The average Bonchev–Trinajstić information content (AvgIpc) is 2.67. The maximum absolute atomic E-state index is 12.3. The highest BCUT2D eigenvalue weighted by Gasteiger charge is 2.18. The molecule has 7 heteroatoms. The van der Waals surface area contributed by atoms with Crippen molar-refractivity contribution < 1.29 is 14.3 Å². The maximum Gasteiger partial charge on any atom is 0.359 e. The Morgan fingerprint density at radius 3 is 2.42 bits per heavy atom. The minimum Gasteiger partial charge on any atom is -0.451 e. The molecule has 3 rings (SSSR count). The van der Waals surface area contributed by atoms with Gasteiger partial charge in [0.1, 0.15) is 0 Å². The molecule has 132 valence electrons. The van der Waals surface area contributed by atoms with Crippen LogP contribution in [-0.2, 0) is 16.1 Å². The number of carbonyl (C=O) groups excluding carboxylic acids is 2. The van der Waals surface area contributed by atoms with Crippen molar-refractivity contribution in [2.45, 2.75) is 6.54 Å². The summed E-state index contributed by atoms with van der Waals surface area (Å²) in [6.45, 7) is 0.00829. The molecule has 0 saturated carbocycles. The Balaban J connectivity index is 1.66. The highest BCUT2D eigenvalue weighted by atomic mass is 16.5. The van der Waals surface area contributed by atoms with E-state index in [1.165, 1.54) is 4.90 Å². The number of rotatable bonds is 5. The molecule has 1 aromatic heterocycles. The number of nitrogens with one attached hydrogen (secondary N) is 1. The van der Waals surface area contributed by atoms with Crippen LogP contribution in [0.25, 0.3) is 10.8 Å². The van der Waals surface area contributed by atoms with Gasteiger partial charge in [-0.15, -0.1) is 0 Å². The first kappa shape index (κ1) is 17.3. The number of aromatic amines is 1. The van der Waals surface area contributed by atoms with Crippen LogP contribution in [0.15, 0.2) is 59.4 Å². The fourth-order valence-electron chi connectivity index (χ4n) is 2.52. The molecule has 1 N–H and O–H groups in total. The third-order valence-electron chi connectivity index (χ3n) is 3.90. The zero-order chi connectivity index (χ0) is 18.5. The third-order valence-corrected chi connectivity index (χ3v) is 3.90. The van der Waals surface area contributed by atoms with E-state index >= 15 is 0 Å². The smallest absolute Gasteiger partial charge is 0.359 e. The topological polar surface area (TPSA) is 92.4 Å². The molecule has 0 radical (unpaired) electrons. The van der Waals surface area contributed by atoms with Crippen molar-refractivity contribution in [1.82, 2.24) is 15.1 Å². The van der Waals surface area contributed by atoms with Crippen molar-refractivity contribution in [3.63, 3.8) is 0 Å². The van der Waals surface area contributed by atoms with Gasteiger partial charge in [0.15, 0.2) is 12.3 Å². The molecular formula is C19H17N3O4. The maximum atomic E-state index is 12.3. The average molecular weight is 351 g/mol. The molecule has 0 bridgehead atoms. The van der Waals surface area contributed by atoms with Crippen LogP contribution in [0.5, 0.6) is 0 Å². The number of hydrogen-bond acceptors (Lipinski definition) is 5. The standard InChI is InChI=1S/C19H17N3O4/c1-22(11-13-7-3-2-4-8-13)16(23)12-26-19(25)17-14-9-5-6-10-15(14)18(24)21-20-17/h2-10H,11-12H2,1H3,(H,21,24). The highest BCUT2D eigenvalue weighted by molar-refractivity contribution is 6.02. The van der Waals surface area contributed by atoms with Crippen LogP contribution in [0, 0.1) is 0 Å². The molecule has 0 aliphatic heterocycles. The fourth-order valence-corrected chi connectivity index (χ4v) is 2.52. The van der Waals surface area contributed by atoms with Crippen molar-refractivity contribution in [3.8, 4) is 0 Å². The van der Waals surface area contributed by atoms with E-state index in [1.54, 1.807) is 31.3 Å². The van der Waals surface area contributed by atoms with Crippen LogP contribution in [0.1, 0.15) is 16.1 Å². The minimum atomic E-state index is -0.765. The van der Waals surface area contributed by atoms with E-state index in [0.717, 1.165) is 5.56 Å². The Morgan fingerprint density at radius 2 is 1.69 bits per heavy atom. The molecule has 0 aliphatic carbocycles. The number of ether oxygens (including phenoxy) is 1. The normalized spacial score (nSPS) is 10.5. The number of likely N-dealkylation sites (N-methyl/N-ethyl adjacent to an activating group) is 1. The Kier molecular flexibility index (Phi) is 5.07. The summed E-state index contributed by atoms with van der Waals surface area (Å²) in [5.41, 5.74) is 0.553. The lowest BCUT2D eigenvalue weighted by Crippen LogP contribution is -2.31. The number of H-pyrrole nitrogens is 1. The van der Waals surface area contributed by atoms with Crippen molar-refractivity contribution in [2.24, 2.45) is 0 Å². The monoisotopic (exact) mass is 351 g/mol. The molecule has 0 aliphatic rings. The number of carbonyl (C=O) groups is 2. The van der Waals surface area contributed by atoms with Gasteiger partial charge < -0.3 is 9.64 Å². The number of benzene rings is 2. The number of esters is 1. The SMILES string of the molecule is CN(Cc1ccccc1)C(=O)COC(=O)c1n[nH]c(=O)c2ccccc12. The molecule has 0 fully saturated rings. The lowest BCUT2D eigenvalue weighted by molar-refractivity contribution is -0.133. The molecular weight excluding hydrogens is 334 g/mol. The summed E-state index contributed by atoms with van der Waals surface area (Å²) in [4.78, 5) is 37.7. The summed E-state index contributed by atoms with van der Waals surface area (Å²) in [7, 11) is 1.64. The zero-order valence-corrected chi connectivity index (χ0v) is 14.1. The molecule has 26 heavy (non-hydrogen) atoms. The molecule has 3 aromatic rings. The molecule has 0 atom stereocenters. The van der Waals surface area contributed by atoms with Crippen molar-refractivity contribution in [1.29, 1.82) is 0 Å². The summed E-state index contributed by atoms with van der Waals surface area (Å²) in [5.74, 6) is -1.10. The van der Waals surface area contributed by atoms with Crippen LogP contribution in [-0.4, -0.2) is 40.6 Å². The van der Waals surface area contributed by atoms with Gasteiger partial charge in [-0.25, -0.2) is 9.89 Å². The van der Waals surface area contributed by atoms with Gasteiger partial charge in [-0.3, -0.25) is 9.59 Å². The minimum absolute atomic E-state index is 0.0290. The number of hydrogen-bond donors (Lipinski definition) is 1. The second-order valence-corrected chi connectivity index (χ2v) is 5.76. The number of fused-ring (bicyclic) bond motifs is 1. The van der Waals surface area contributed by atoms with E-state index in [2.05, 4.69) is 10.2 Å². The Morgan fingerprint density at radius 1 is 1.04 bits per heavy atom. The second kappa shape index (κ2) is 7.60. The van der Waals surface area contributed by atoms with Crippen LogP contribution in [0.4, 0.5) is 0 Å². The predicted molar refractivity (Wildman–Crippen MR) is 95.6 cm³/mol. The summed E-state index contributed by atoms with van der Waals surface area (Å²) in [6.07, 6.45) is 0. The van der Waals surface area contributed by atoms with Gasteiger partial charge in [0.05, 0.1) is 5.39 Å². The summed E-state index contributed by atoms with van der Waals surface area (Å²) >= 11 is 0. The summed E-state index contributed by atoms with van der Waals surface area (Å²) in [6, 6.07) is 16.1. The molecule has 7 nitrogen and oxygen atoms in total. The molecule has 0 saturated heterocycles. The number of aromatic nitrogens is 2. The number of amides is 1. The van der Waals surface area contributed by atoms with Gasteiger partial charge in [-0.2, -0.15) is 5.10 Å². The predicted octanol–water partition coefficient (Wildman–Crippen LogP) is 1.74. The van der Waals surface area contributed by atoms with Gasteiger partial charge in [0.2, 0.25) is 0 Å². The van der Waals surface area contributed by atoms with Crippen molar-refractivity contribution in [2.75, 3.05) is 13.7 Å². The number of nitrogens with zero attached hydrogens (tertiary/aromatic N) is 2. The van der Waals surface area contributed by atoms with Crippen LogP contribution in [0.2, 0.25) is 0 Å². The lowest BCUT2D eigenvalue weighted by Gasteiger charge is -2.17. The van der Waals surface area contributed by atoms with Gasteiger partial charge in [-0.05, 0) is 11.6 Å². The first-order valence-corrected chi connectivity index (χ1v) is 7.98. The molecule has 1 amide bonds. The van der Waals surface area contributed by atoms with E-state index in [9.17, 15) is 14.4 Å². The molecule has 2 aromatic carbocycles. The van der Waals surface area contributed by atoms with E-state index in [4.69, 9.17) is 4.74 Å². The van der Waals surface area contributed by atoms with E-state index in [0.29, 0.717) is 17.3 Å². The first-order chi connectivity index (χ1) is 12.6. The van der Waals surface area contributed by atoms with Gasteiger partial charge >= 0.3 is 5.97 Å². The van der Waals surface area contributed by atoms with Crippen LogP contribution in [0.3, 0.4) is 0 Å². The van der Waals surface area contributed by atoms with Crippen LogP contribution < -0.4 is 5.56 Å². The van der Waals surface area contributed by atoms with E-state index < -0.39 is 18.1 Å². The summed E-state index contributed by atoms with van der Waals surface area (Å²) in [5, 5.41) is 6.74. The Bertz CT molecular complexity index is 998.